The van der Waals surface area contributed by atoms with Gasteiger partial charge < -0.3 is 9.89 Å². The van der Waals surface area contributed by atoms with E-state index in [-0.39, 0.29) is 55.8 Å². The molecule has 0 bridgehead atoms. The summed E-state index contributed by atoms with van der Waals surface area (Å²) in [7, 11) is 0. The van der Waals surface area contributed by atoms with E-state index < -0.39 is 10.8 Å². The Hall–Kier alpha value is -10.2. The normalized spacial score (nSPS) is 11.0. The van der Waals surface area contributed by atoms with Crippen molar-refractivity contribution in [3.8, 4) is 87.5 Å². The zero-order valence-electron chi connectivity index (χ0n) is 40.5. The summed E-state index contributed by atoms with van der Waals surface area (Å²) in [5.41, 5.74) is -2.89. The molecule has 0 atom stereocenters. The lowest BCUT2D eigenvalue weighted by molar-refractivity contribution is -0.921. The highest BCUT2D eigenvalue weighted by molar-refractivity contribution is 6.07. The topological polar surface area (TPSA) is 240 Å². The first-order valence-electron chi connectivity index (χ1n) is 23.4. The molecule has 0 aliphatic rings. The van der Waals surface area contributed by atoms with Crippen LogP contribution in [0.4, 0.5) is 0 Å². The maximum atomic E-state index is 11.5. The molecular weight excluding hydrogens is 903 g/mol. The number of aromatic nitrogens is 4. The Labute approximate surface area is 424 Å². The second kappa shape index (κ2) is 22.1. The Kier molecular flexibility index (Phi) is 15.3. The Balaban J connectivity index is 0.000000791. The maximum absolute atomic E-state index is 11.5. The summed E-state index contributed by atoms with van der Waals surface area (Å²) in [5, 5.41) is 86.5. The molecule has 8 aromatic rings. The van der Waals surface area contributed by atoms with E-state index in [4.69, 9.17) is 19.9 Å². The van der Waals surface area contributed by atoms with Gasteiger partial charge in [-0.3, -0.25) is 0 Å². The van der Waals surface area contributed by atoms with Crippen molar-refractivity contribution < 1.29 is 4.48 Å². The van der Waals surface area contributed by atoms with Gasteiger partial charge in [0.2, 0.25) is 16.7 Å². The first-order chi connectivity index (χ1) is 35.6. The van der Waals surface area contributed by atoms with Gasteiger partial charge in [0.15, 0.2) is 0 Å². The molecule has 0 saturated carbocycles. The van der Waals surface area contributed by atoms with Crippen LogP contribution >= 0.6 is 0 Å². The Bertz CT molecular complexity index is 3660. The van der Waals surface area contributed by atoms with E-state index in [1.165, 1.54) is 54.9 Å². The molecule has 8 rings (SSSR count). The van der Waals surface area contributed by atoms with Crippen molar-refractivity contribution in [3.63, 3.8) is 0 Å². The molecule has 0 unspecified atom stereocenters. The van der Waals surface area contributed by atoms with E-state index in [9.17, 15) is 42.2 Å². The number of nitriles is 7. The average molecular weight is 947 g/mol. The van der Waals surface area contributed by atoms with E-state index >= 15 is 0 Å². The summed E-state index contributed by atoms with van der Waals surface area (Å²) in [4.78, 5) is 20.2. The molecule has 2 aromatic heterocycles. The number of benzene rings is 6. The minimum atomic E-state index is -2.76. The van der Waals surface area contributed by atoms with Crippen LogP contribution in [0.1, 0.15) is 49.9 Å². The SMILES string of the molecule is CC[N+](CC)(CC)CC.N#C[C](C#N)c1ccc(C(C#N)(C#N)C(C#N)(C#N)c2ccc(C(=C=[N-])C#N)c3nc(-c4ccccc4)c(-c4ccccc4)nc23)c2nc(-c3ccccc3)c(-c3ccccc3)nc12. The smallest absolute Gasteiger partial charge is 0.206 e. The molecule has 73 heavy (non-hydrogen) atoms. The highest BCUT2D eigenvalue weighted by Crippen LogP contribution is 2.49. The first kappa shape index (κ1) is 50.7. The van der Waals surface area contributed by atoms with Crippen LogP contribution in [0.3, 0.4) is 0 Å². The number of allylic oxidation sites excluding steroid dienone is 1. The Morgan fingerprint density at radius 3 is 0.973 bits per heavy atom. The van der Waals surface area contributed by atoms with Crippen LogP contribution in [0.25, 0.3) is 78.1 Å². The van der Waals surface area contributed by atoms with Crippen LogP contribution in [-0.4, -0.2) is 56.5 Å². The highest BCUT2D eigenvalue weighted by atomic mass is 15.3. The van der Waals surface area contributed by atoms with Crippen molar-refractivity contribution in [2.45, 2.75) is 38.5 Å². The molecule has 0 spiro atoms. The number of hydrogen-bond acceptors (Lipinski definition) is 11. The number of hydrogen-bond donors (Lipinski definition) is 0. The third-order valence-corrected chi connectivity index (χ3v) is 13.5. The van der Waals surface area contributed by atoms with Crippen LogP contribution < -0.4 is 0 Å². The third-order valence-electron chi connectivity index (χ3n) is 13.5. The first-order valence-corrected chi connectivity index (χ1v) is 23.4. The lowest BCUT2D eigenvalue weighted by atomic mass is 9.59. The van der Waals surface area contributed by atoms with E-state index in [2.05, 4.69) is 27.7 Å². The van der Waals surface area contributed by atoms with E-state index in [0.29, 0.717) is 45.0 Å². The Morgan fingerprint density at radius 1 is 0.411 bits per heavy atom. The molecule has 6 aromatic carbocycles. The second-order valence-corrected chi connectivity index (χ2v) is 16.8. The van der Waals surface area contributed by atoms with Gasteiger partial charge >= 0.3 is 0 Å². The summed E-state index contributed by atoms with van der Waals surface area (Å²) in [5.74, 6) is 1.56. The van der Waals surface area contributed by atoms with Crippen LogP contribution in [0, 0.1) is 85.2 Å². The minimum absolute atomic E-state index is 0.0371. The molecule has 0 aliphatic heterocycles. The van der Waals surface area contributed by atoms with Gasteiger partial charge in [0.1, 0.15) is 6.07 Å². The van der Waals surface area contributed by atoms with Crippen LogP contribution in [0.15, 0.2) is 146 Å². The van der Waals surface area contributed by atoms with Crippen LogP contribution in [-0.2, 0) is 10.8 Å². The fraction of sp³-hybridized carbons (Fsp3) is 0.167. The maximum Gasteiger partial charge on any atom is 0.206 e. The molecule has 349 valence electrons. The van der Waals surface area contributed by atoms with E-state index in [0.717, 1.165) is 0 Å². The van der Waals surface area contributed by atoms with Crippen molar-refractivity contribution in [1.29, 1.82) is 36.8 Å². The third kappa shape index (κ3) is 9.00. The summed E-state index contributed by atoms with van der Waals surface area (Å²) in [6, 6.07) is 55.2. The van der Waals surface area contributed by atoms with Crippen molar-refractivity contribution in [2.75, 3.05) is 26.2 Å². The minimum Gasteiger partial charge on any atom is -0.762 e. The molecular formula is C60H44N13. The molecule has 13 heteroatoms. The summed E-state index contributed by atoms with van der Waals surface area (Å²) in [6.45, 7) is 14.2. The van der Waals surface area contributed by atoms with E-state index in [1.54, 1.807) is 97.1 Å². The lowest BCUT2D eigenvalue weighted by Gasteiger charge is -2.34. The average Bonchev–Trinajstić information content (AvgIpc) is 3.46. The monoisotopic (exact) mass is 946 g/mol. The number of fused-ring (bicyclic) bond motifs is 2. The standard InChI is InChI=1S/C52H24N12.C8H20N/c53-25-37(26-54)39-21-23-41(49-47(39)61-43(33-13-5-1-6-14-33)45(63-49)35-17-9-3-10-18-35)51(29-57,30-58)52(31-59,32-60)42-24-22-40(38(27-55)28-56)48-50(42)64-46(36-19-11-4-12-20-36)44(62-48)34-15-7-2-8-16-34;1-5-9(6-2,7-3)8-4/h1-24H;5-8H2,1-4H3/q-1;+1. The van der Waals surface area contributed by atoms with Gasteiger partial charge in [0, 0.05) is 44.5 Å². The molecule has 13 nitrogen and oxygen atoms in total. The van der Waals surface area contributed by atoms with Crippen LogP contribution in [0.2, 0.25) is 0 Å². The van der Waals surface area contributed by atoms with Gasteiger partial charge in [-0.1, -0.05) is 146 Å². The molecule has 0 N–H and O–H groups in total. The molecule has 2 heterocycles. The van der Waals surface area contributed by atoms with Crippen molar-refractivity contribution in [3.05, 3.63) is 179 Å². The fourth-order valence-electron chi connectivity index (χ4n) is 9.13. The zero-order chi connectivity index (χ0) is 52.2. The predicted octanol–water partition coefficient (Wildman–Crippen LogP) is 11.5. The molecule has 0 saturated heterocycles. The predicted molar refractivity (Wildman–Crippen MR) is 280 cm³/mol. The molecule has 0 fully saturated rings. The molecule has 1 radical (unpaired) electrons. The number of rotatable bonds is 13. The van der Waals surface area contributed by atoms with Gasteiger partial charge in [0.05, 0.1) is 113 Å². The zero-order valence-corrected chi connectivity index (χ0v) is 40.5. The second-order valence-electron chi connectivity index (χ2n) is 16.8. The lowest BCUT2D eigenvalue weighted by Crippen LogP contribution is -2.47. The fourth-order valence-corrected chi connectivity index (χ4v) is 9.13. The molecule has 0 aliphatic carbocycles. The molecule has 0 amide bonds. The quantitative estimate of drug-likeness (QED) is 0.0598. The van der Waals surface area contributed by atoms with Crippen molar-refractivity contribution in [1.82, 2.24) is 19.9 Å². The van der Waals surface area contributed by atoms with Gasteiger partial charge in [0.25, 0.3) is 0 Å². The summed E-state index contributed by atoms with van der Waals surface area (Å²) in [6.07, 6.45) is 0. The van der Waals surface area contributed by atoms with Gasteiger partial charge in [-0.15, -0.1) is 0 Å². The van der Waals surface area contributed by atoms with Gasteiger partial charge in [-0.2, -0.15) is 36.8 Å². The van der Waals surface area contributed by atoms with Crippen LogP contribution in [0.5, 0.6) is 0 Å². The number of nitrogens with zero attached hydrogens (tertiary/aromatic N) is 13. The van der Waals surface area contributed by atoms with Gasteiger partial charge in [-0.25, -0.2) is 25.8 Å². The summed E-state index contributed by atoms with van der Waals surface area (Å²) < 4.78 is 1.28. The Morgan fingerprint density at radius 2 is 0.712 bits per heavy atom. The number of quaternary nitrogens is 1. The van der Waals surface area contributed by atoms with Crippen molar-refractivity contribution >= 4 is 33.5 Å². The largest absolute Gasteiger partial charge is 0.762 e. The van der Waals surface area contributed by atoms with E-state index in [1.807, 2.05) is 72.6 Å². The van der Waals surface area contributed by atoms with Crippen molar-refractivity contribution in [2.24, 2.45) is 0 Å². The van der Waals surface area contributed by atoms with Gasteiger partial charge in [-0.05, 0) is 27.7 Å². The summed E-state index contributed by atoms with van der Waals surface area (Å²) >= 11 is 0. The highest BCUT2D eigenvalue weighted by Gasteiger charge is 2.59.